The van der Waals surface area contributed by atoms with Crippen LogP contribution in [0.3, 0.4) is 0 Å². The lowest BCUT2D eigenvalue weighted by Crippen LogP contribution is -2.09. The molecule has 2 nitrogen and oxygen atoms in total. The predicted molar refractivity (Wildman–Crippen MR) is 52.6 cm³/mol. The Bertz CT molecular complexity index is 290. The molecule has 2 atom stereocenters. The van der Waals surface area contributed by atoms with Gasteiger partial charge in [0.25, 0.3) is 0 Å². The van der Waals surface area contributed by atoms with Crippen LogP contribution in [0.4, 0.5) is 0 Å². The summed E-state index contributed by atoms with van der Waals surface area (Å²) in [6.45, 7) is 3.18. The molecule has 0 N–H and O–H groups in total. The van der Waals surface area contributed by atoms with Crippen molar-refractivity contribution in [2.24, 2.45) is 5.92 Å². The van der Waals surface area contributed by atoms with Crippen LogP contribution < -0.4 is 0 Å². The normalized spacial score (nSPS) is 26.8. The lowest BCUT2D eigenvalue weighted by Gasteiger charge is -2.05. The Kier molecular flexibility index (Phi) is 2.16. The zero-order valence-electron chi connectivity index (χ0n) is 8.58. The second kappa shape index (κ2) is 3.18. The number of hydrogen-bond acceptors (Lipinski definition) is 2. The molecular formula is C11H17NO. The molecule has 1 aliphatic carbocycles. The van der Waals surface area contributed by atoms with Gasteiger partial charge in [-0.3, -0.25) is 0 Å². The highest BCUT2D eigenvalue weighted by atomic mass is 16.3. The SMILES string of the molecule is CC1CC1c1ccc(CN(C)C)o1. The van der Waals surface area contributed by atoms with Gasteiger partial charge in [0.05, 0.1) is 6.54 Å². The van der Waals surface area contributed by atoms with E-state index in [1.165, 1.54) is 12.2 Å². The van der Waals surface area contributed by atoms with Gasteiger partial charge in [-0.15, -0.1) is 0 Å². The molecule has 1 heterocycles. The van der Waals surface area contributed by atoms with Gasteiger partial charge in [-0.1, -0.05) is 6.92 Å². The Labute approximate surface area is 79.5 Å². The van der Waals surface area contributed by atoms with E-state index in [4.69, 9.17) is 4.42 Å². The molecule has 0 aliphatic heterocycles. The minimum atomic E-state index is 0.705. The standard InChI is InChI=1S/C11H17NO/c1-8-6-10(8)11-5-4-9(13-11)7-12(2)3/h4-5,8,10H,6-7H2,1-3H3. The molecule has 2 rings (SSSR count). The summed E-state index contributed by atoms with van der Waals surface area (Å²) in [5.74, 6) is 3.80. The molecule has 1 aliphatic rings. The van der Waals surface area contributed by atoms with E-state index < -0.39 is 0 Å². The van der Waals surface area contributed by atoms with E-state index in [0.29, 0.717) is 5.92 Å². The average molecular weight is 179 g/mol. The number of hydrogen-bond donors (Lipinski definition) is 0. The van der Waals surface area contributed by atoms with Gasteiger partial charge in [0.15, 0.2) is 0 Å². The summed E-state index contributed by atoms with van der Waals surface area (Å²) < 4.78 is 5.75. The van der Waals surface area contributed by atoms with Crippen molar-refractivity contribution >= 4 is 0 Å². The average Bonchev–Trinajstić information content (AvgIpc) is 2.60. The fourth-order valence-electron chi connectivity index (χ4n) is 1.71. The number of nitrogens with zero attached hydrogens (tertiary/aromatic N) is 1. The molecule has 2 heteroatoms. The molecule has 2 unspecified atom stereocenters. The van der Waals surface area contributed by atoms with Gasteiger partial charge in [0.1, 0.15) is 11.5 Å². The van der Waals surface area contributed by atoms with E-state index in [2.05, 4.69) is 38.1 Å². The predicted octanol–water partition coefficient (Wildman–Crippen LogP) is 2.46. The lowest BCUT2D eigenvalue weighted by atomic mass is 10.3. The minimum Gasteiger partial charge on any atom is -0.464 e. The van der Waals surface area contributed by atoms with Gasteiger partial charge in [0, 0.05) is 5.92 Å². The first kappa shape index (κ1) is 8.82. The lowest BCUT2D eigenvalue weighted by molar-refractivity contribution is 0.341. The van der Waals surface area contributed by atoms with E-state index in [9.17, 15) is 0 Å². The Morgan fingerprint density at radius 3 is 2.69 bits per heavy atom. The Morgan fingerprint density at radius 1 is 1.46 bits per heavy atom. The Balaban J connectivity index is 2.01. The molecule has 1 aromatic heterocycles. The summed E-state index contributed by atoms with van der Waals surface area (Å²) in [6, 6.07) is 4.23. The smallest absolute Gasteiger partial charge is 0.118 e. The quantitative estimate of drug-likeness (QED) is 0.708. The maximum Gasteiger partial charge on any atom is 0.118 e. The Hall–Kier alpha value is -0.760. The third-order valence-corrected chi connectivity index (χ3v) is 2.63. The zero-order chi connectivity index (χ0) is 9.42. The van der Waals surface area contributed by atoms with Crippen molar-refractivity contribution in [1.29, 1.82) is 0 Å². The van der Waals surface area contributed by atoms with Crippen LogP contribution in [0.15, 0.2) is 16.5 Å². The number of furan rings is 1. The summed E-state index contributed by atoms with van der Waals surface area (Å²) in [6.07, 6.45) is 1.30. The summed E-state index contributed by atoms with van der Waals surface area (Å²) in [4.78, 5) is 2.12. The van der Waals surface area contributed by atoms with E-state index >= 15 is 0 Å². The van der Waals surface area contributed by atoms with Crippen LogP contribution in [0.2, 0.25) is 0 Å². The van der Waals surface area contributed by atoms with Crippen molar-refractivity contribution in [2.45, 2.75) is 25.8 Å². The van der Waals surface area contributed by atoms with E-state index in [-0.39, 0.29) is 0 Å². The van der Waals surface area contributed by atoms with Crippen LogP contribution in [0.5, 0.6) is 0 Å². The van der Waals surface area contributed by atoms with Crippen molar-refractivity contribution in [3.63, 3.8) is 0 Å². The van der Waals surface area contributed by atoms with Gasteiger partial charge in [-0.2, -0.15) is 0 Å². The van der Waals surface area contributed by atoms with Crippen LogP contribution in [-0.4, -0.2) is 19.0 Å². The zero-order valence-corrected chi connectivity index (χ0v) is 8.58. The molecule has 13 heavy (non-hydrogen) atoms. The van der Waals surface area contributed by atoms with Crippen LogP contribution in [0.25, 0.3) is 0 Å². The van der Waals surface area contributed by atoms with Gasteiger partial charge in [0.2, 0.25) is 0 Å². The van der Waals surface area contributed by atoms with Crippen LogP contribution in [0.1, 0.15) is 30.8 Å². The largest absolute Gasteiger partial charge is 0.464 e. The fraction of sp³-hybridized carbons (Fsp3) is 0.636. The van der Waals surface area contributed by atoms with E-state index in [1.807, 2.05) is 0 Å². The third-order valence-electron chi connectivity index (χ3n) is 2.63. The summed E-state index contributed by atoms with van der Waals surface area (Å²) >= 11 is 0. The molecule has 0 aromatic carbocycles. The second-order valence-electron chi connectivity index (χ2n) is 4.36. The topological polar surface area (TPSA) is 16.4 Å². The highest BCUT2D eigenvalue weighted by Gasteiger charge is 2.36. The molecule has 0 spiro atoms. The van der Waals surface area contributed by atoms with Crippen LogP contribution >= 0.6 is 0 Å². The maximum absolute atomic E-state index is 5.75. The van der Waals surface area contributed by atoms with Gasteiger partial charge in [-0.05, 0) is 38.6 Å². The number of rotatable bonds is 3. The van der Waals surface area contributed by atoms with Crippen molar-refractivity contribution in [3.8, 4) is 0 Å². The molecule has 1 aromatic rings. The summed E-state index contributed by atoms with van der Waals surface area (Å²) in [7, 11) is 4.11. The molecule has 0 radical (unpaired) electrons. The van der Waals surface area contributed by atoms with E-state index in [1.54, 1.807) is 0 Å². The highest BCUT2D eigenvalue weighted by Crippen LogP contribution is 2.47. The minimum absolute atomic E-state index is 0.705. The van der Waals surface area contributed by atoms with Gasteiger partial charge >= 0.3 is 0 Å². The van der Waals surface area contributed by atoms with E-state index in [0.717, 1.165) is 18.2 Å². The maximum atomic E-state index is 5.75. The molecule has 0 amide bonds. The monoisotopic (exact) mass is 179 g/mol. The highest BCUT2D eigenvalue weighted by molar-refractivity contribution is 5.17. The van der Waals surface area contributed by atoms with Crippen LogP contribution in [-0.2, 0) is 6.54 Å². The molecular weight excluding hydrogens is 162 g/mol. The molecule has 1 fully saturated rings. The first-order valence-corrected chi connectivity index (χ1v) is 4.90. The third kappa shape index (κ3) is 1.94. The first-order chi connectivity index (χ1) is 6.16. The second-order valence-corrected chi connectivity index (χ2v) is 4.36. The fourth-order valence-corrected chi connectivity index (χ4v) is 1.71. The van der Waals surface area contributed by atoms with Crippen molar-refractivity contribution < 1.29 is 4.42 Å². The van der Waals surface area contributed by atoms with Crippen LogP contribution in [0, 0.1) is 5.92 Å². The first-order valence-electron chi connectivity index (χ1n) is 4.90. The van der Waals surface area contributed by atoms with Gasteiger partial charge < -0.3 is 9.32 Å². The summed E-state index contributed by atoms with van der Waals surface area (Å²) in [5.41, 5.74) is 0. The summed E-state index contributed by atoms with van der Waals surface area (Å²) in [5, 5.41) is 0. The molecule has 1 saturated carbocycles. The van der Waals surface area contributed by atoms with Crippen molar-refractivity contribution in [1.82, 2.24) is 4.90 Å². The molecule has 0 saturated heterocycles. The van der Waals surface area contributed by atoms with Crippen molar-refractivity contribution in [2.75, 3.05) is 14.1 Å². The molecule has 72 valence electrons. The molecule has 0 bridgehead atoms. The van der Waals surface area contributed by atoms with Gasteiger partial charge in [-0.25, -0.2) is 0 Å². The Morgan fingerprint density at radius 2 is 2.15 bits per heavy atom. The van der Waals surface area contributed by atoms with Crippen molar-refractivity contribution in [3.05, 3.63) is 23.7 Å².